The van der Waals surface area contributed by atoms with Crippen LogP contribution in [0, 0.1) is 11.8 Å². The van der Waals surface area contributed by atoms with Crippen molar-refractivity contribution >= 4 is 24.2 Å². The van der Waals surface area contributed by atoms with Crippen molar-refractivity contribution in [2.75, 3.05) is 26.2 Å². The average Bonchev–Trinajstić information content (AvgIpc) is 3.03. The van der Waals surface area contributed by atoms with Gasteiger partial charge >= 0.3 is 6.18 Å². The molecule has 2 heterocycles. The number of benzene rings is 1. The Labute approximate surface area is 174 Å². The first-order valence-corrected chi connectivity index (χ1v) is 9.75. The van der Waals surface area contributed by atoms with Crippen LogP contribution >= 0.6 is 12.4 Å². The lowest BCUT2D eigenvalue weighted by atomic mass is 9.96. The number of rotatable bonds is 6. The third-order valence-corrected chi connectivity index (χ3v) is 5.46. The zero-order valence-electron chi connectivity index (χ0n) is 16.1. The van der Waals surface area contributed by atoms with Gasteiger partial charge in [0.1, 0.15) is 0 Å². The molecule has 1 aromatic rings. The number of amides is 2. The SMILES string of the molecule is Cl.O=C(NCCC1CCCNC1)C1CC(=O)N(Cc2cccc(C(F)(F)F)c2)C1. The Kier molecular flexibility index (Phi) is 8.34. The molecule has 162 valence electrons. The van der Waals surface area contributed by atoms with Crippen LogP contribution in [-0.2, 0) is 22.3 Å². The molecule has 3 rings (SSSR count). The third kappa shape index (κ3) is 6.60. The molecule has 2 aliphatic rings. The number of hydrogen-bond acceptors (Lipinski definition) is 3. The highest BCUT2D eigenvalue weighted by Gasteiger charge is 2.35. The predicted molar refractivity (Wildman–Crippen MR) is 105 cm³/mol. The number of hydrogen-bond donors (Lipinski definition) is 2. The Hall–Kier alpha value is -1.80. The van der Waals surface area contributed by atoms with E-state index >= 15 is 0 Å². The van der Waals surface area contributed by atoms with Crippen molar-refractivity contribution in [1.29, 1.82) is 0 Å². The van der Waals surface area contributed by atoms with Gasteiger partial charge in [0.15, 0.2) is 0 Å². The van der Waals surface area contributed by atoms with E-state index in [1.807, 2.05) is 0 Å². The first-order chi connectivity index (χ1) is 13.3. The minimum atomic E-state index is -4.42. The quantitative estimate of drug-likeness (QED) is 0.725. The van der Waals surface area contributed by atoms with Crippen molar-refractivity contribution in [2.24, 2.45) is 11.8 Å². The molecule has 0 radical (unpaired) electrons. The zero-order chi connectivity index (χ0) is 20.1. The Morgan fingerprint density at radius 3 is 2.79 bits per heavy atom. The van der Waals surface area contributed by atoms with Gasteiger partial charge in [-0.1, -0.05) is 12.1 Å². The Morgan fingerprint density at radius 1 is 1.31 bits per heavy atom. The van der Waals surface area contributed by atoms with E-state index in [0.717, 1.165) is 44.5 Å². The van der Waals surface area contributed by atoms with E-state index in [4.69, 9.17) is 0 Å². The van der Waals surface area contributed by atoms with E-state index in [2.05, 4.69) is 10.6 Å². The average molecular weight is 434 g/mol. The van der Waals surface area contributed by atoms with Gasteiger partial charge in [0.05, 0.1) is 11.5 Å². The summed E-state index contributed by atoms with van der Waals surface area (Å²) in [5.41, 5.74) is -0.322. The molecule has 0 aliphatic carbocycles. The van der Waals surface area contributed by atoms with Gasteiger partial charge in [0.2, 0.25) is 11.8 Å². The number of nitrogens with one attached hydrogen (secondary N) is 2. The highest BCUT2D eigenvalue weighted by Crippen LogP contribution is 2.30. The van der Waals surface area contributed by atoms with Gasteiger partial charge < -0.3 is 15.5 Å². The largest absolute Gasteiger partial charge is 0.416 e. The normalized spacial score (nSPS) is 22.3. The van der Waals surface area contributed by atoms with E-state index in [1.54, 1.807) is 6.07 Å². The summed E-state index contributed by atoms with van der Waals surface area (Å²) in [6.45, 7) is 2.94. The molecule has 0 aromatic heterocycles. The maximum absolute atomic E-state index is 12.8. The van der Waals surface area contributed by atoms with E-state index in [1.165, 1.54) is 11.0 Å². The monoisotopic (exact) mass is 433 g/mol. The number of carbonyl (C=O) groups excluding carboxylic acids is 2. The lowest BCUT2D eigenvalue weighted by molar-refractivity contribution is -0.137. The summed E-state index contributed by atoms with van der Waals surface area (Å²) in [7, 11) is 0. The van der Waals surface area contributed by atoms with Crippen molar-refractivity contribution in [1.82, 2.24) is 15.5 Å². The van der Waals surface area contributed by atoms with Gasteiger partial charge in [-0.2, -0.15) is 13.2 Å². The fourth-order valence-corrected chi connectivity index (χ4v) is 3.88. The molecule has 1 aromatic carbocycles. The number of likely N-dealkylation sites (tertiary alicyclic amines) is 1. The highest BCUT2D eigenvalue weighted by atomic mass is 35.5. The molecule has 2 unspecified atom stereocenters. The number of piperidine rings is 1. The van der Waals surface area contributed by atoms with Crippen LogP contribution in [0.5, 0.6) is 0 Å². The fourth-order valence-electron chi connectivity index (χ4n) is 3.88. The van der Waals surface area contributed by atoms with Crippen LogP contribution in [-0.4, -0.2) is 42.9 Å². The van der Waals surface area contributed by atoms with Gasteiger partial charge in [0, 0.05) is 26.1 Å². The second kappa shape index (κ2) is 10.3. The minimum absolute atomic E-state index is 0. The van der Waals surface area contributed by atoms with Crippen molar-refractivity contribution < 1.29 is 22.8 Å². The van der Waals surface area contributed by atoms with Gasteiger partial charge in [-0.05, 0) is 56.0 Å². The molecule has 2 aliphatic heterocycles. The second-order valence-electron chi connectivity index (χ2n) is 7.67. The molecule has 2 atom stereocenters. The summed E-state index contributed by atoms with van der Waals surface area (Å²) in [4.78, 5) is 26.0. The van der Waals surface area contributed by atoms with Crippen molar-refractivity contribution in [3.63, 3.8) is 0 Å². The maximum Gasteiger partial charge on any atom is 0.416 e. The van der Waals surface area contributed by atoms with E-state index < -0.39 is 17.7 Å². The number of carbonyl (C=O) groups is 2. The number of halogens is 4. The molecule has 9 heteroatoms. The zero-order valence-corrected chi connectivity index (χ0v) is 17.0. The molecule has 2 amide bonds. The molecular formula is C20H27ClF3N3O2. The molecule has 5 nitrogen and oxygen atoms in total. The summed E-state index contributed by atoms with van der Waals surface area (Å²) in [6.07, 6.45) is -1.08. The fraction of sp³-hybridized carbons (Fsp3) is 0.600. The van der Waals surface area contributed by atoms with Crippen LogP contribution < -0.4 is 10.6 Å². The van der Waals surface area contributed by atoms with Crippen LogP contribution in [0.4, 0.5) is 13.2 Å². The van der Waals surface area contributed by atoms with Crippen molar-refractivity contribution in [3.8, 4) is 0 Å². The summed E-state index contributed by atoms with van der Waals surface area (Å²) >= 11 is 0. The summed E-state index contributed by atoms with van der Waals surface area (Å²) in [5.74, 6) is -0.225. The molecule has 2 N–H and O–H groups in total. The van der Waals surface area contributed by atoms with Crippen LogP contribution in [0.3, 0.4) is 0 Å². The smallest absolute Gasteiger partial charge is 0.356 e. The van der Waals surface area contributed by atoms with E-state index in [-0.39, 0.29) is 43.7 Å². The predicted octanol–water partition coefficient (Wildman–Crippen LogP) is 2.98. The summed E-state index contributed by atoms with van der Waals surface area (Å²) in [5, 5.41) is 6.25. The van der Waals surface area contributed by atoms with Gasteiger partial charge in [0.25, 0.3) is 0 Å². The molecule has 0 spiro atoms. The Morgan fingerprint density at radius 2 is 2.10 bits per heavy atom. The standard InChI is InChI=1S/C20H26F3N3O2.ClH/c21-20(22,23)17-5-1-3-15(9-17)12-26-13-16(10-18(26)27)19(28)25-8-6-14-4-2-7-24-11-14;/h1,3,5,9,14,16,24H,2,4,6-8,10-13H2,(H,25,28);1H. The Balaban J connectivity index is 0.00000300. The number of nitrogens with zero attached hydrogens (tertiary/aromatic N) is 1. The third-order valence-electron chi connectivity index (χ3n) is 5.46. The summed E-state index contributed by atoms with van der Waals surface area (Å²) < 4.78 is 38.5. The first-order valence-electron chi connectivity index (χ1n) is 9.75. The minimum Gasteiger partial charge on any atom is -0.356 e. The first kappa shape index (κ1) is 23.5. The van der Waals surface area contributed by atoms with Gasteiger partial charge in [-0.3, -0.25) is 9.59 Å². The lowest BCUT2D eigenvalue weighted by Gasteiger charge is -2.23. The van der Waals surface area contributed by atoms with Crippen LogP contribution in [0.25, 0.3) is 0 Å². The second-order valence-corrected chi connectivity index (χ2v) is 7.67. The maximum atomic E-state index is 12.8. The summed E-state index contributed by atoms with van der Waals surface area (Å²) in [6, 6.07) is 4.96. The van der Waals surface area contributed by atoms with Crippen molar-refractivity contribution in [3.05, 3.63) is 35.4 Å². The lowest BCUT2D eigenvalue weighted by Crippen LogP contribution is -2.36. The van der Waals surface area contributed by atoms with Crippen LogP contribution in [0.15, 0.2) is 24.3 Å². The molecule has 29 heavy (non-hydrogen) atoms. The van der Waals surface area contributed by atoms with Crippen LogP contribution in [0.1, 0.15) is 36.8 Å². The topological polar surface area (TPSA) is 61.4 Å². The molecule has 2 fully saturated rings. The van der Waals surface area contributed by atoms with E-state index in [9.17, 15) is 22.8 Å². The van der Waals surface area contributed by atoms with E-state index in [0.29, 0.717) is 18.0 Å². The number of alkyl halides is 3. The molecular weight excluding hydrogens is 407 g/mol. The molecule has 0 saturated carbocycles. The highest BCUT2D eigenvalue weighted by molar-refractivity contribution is 5.89. The molecule has 2 saturated heterocycles. The van der Waals surface area contributed by atoms with Gasteiger partial charge in [-0.25, -0.2) is 0 Å². The van der Waals surface area contributed by atoms with Crippen molar-refractivity contribution in [2.45, 2.75) is 38.4 Å². The van der Waals surface area contributed by atoms with Gasteiger partial charge in [-0.15, -0.1) is 12.4 Å². The van der Waals surface area contributed by atoms with Crippen LogP contribution in [0.2, 0.25) is 0 Å². The molecule has 0 bridgehead atoms. The Bertz CT molecular complexity index is 708.